The third-order valence-corrected chi connectivity index (χ3v) is 5.87. The number of hydrazone groups is 1. The van der Waals surface area contributed by atoms with Crippen molar-refractivity contribution >= 4 is 45.6 Å². The second kappa shape index (κ2) is 12.5. The second-order valence-corrected chi connectivity index (χ2v) is 8.78. The number of benzene rings is 4. The summed E-state index contributed by atoms with van der Waals surface area (Å²) in [6.45, 7) is 0. The predicted octanol–water partition coefficient (Wildman–Crippen LogP) is 5.69. The number of amides is 2. The molecule has 0 spiro atoms. The number of hydrogen-bond donors (Lipinski definition) is 2. The molecule has 0 heterocycles. The monoisotopic (exact) mass is 571 g/mol. The van der Waals surface area contributed by atoms with Gasteiger partial charge in [0, 0.05) is 15.6 Å². The van der Waals surface area contributed by atoms with Crippen molar-refractivity contribution in [3.63, 3.8) is 0 Å². The summed E-state index contributed by atoms with van der Waals surface area (Å²) in [5.74, 6) is -0.521. The summed E-state index contributed by atoms with van der Waals surface area (Å²) in [7, 11) is 1.54. The van der Waals surface area contributed by atoms with E-state index in [1.165, 1.54) is 6.21 Å². The fraction of sp³-hybridized carbons (Fsp3) is 0.0345. The number of nitrogens with one attached hydrogen (secondary N) is 2. The smallest absolute Gasteiger partial charge is 0.343 e. The lowest BCUT2D eigenvalue weighted by molar-refractivity contribution is 0.0733. The van der Waals surface area contributed by atoms with E-state index in [1.54, 1.807) is 104 Å². The number of halogens is 1. The lowest BCUT2D eigenvalue weighted by Crippen LogP contribution is -2.21. The van der Waals surface area contributed by atoms with Crippen LogP contribution in [0.3, 0.4) is 0 Å². The maximum atomic E-state index is 12.9. The van der Waals surface area contributed by atoms with E-state index in [2.05, 4.69) is 31.8 Å². The lowest BCUT2D eigenvalue weighted by Gasteiger charge is -2.10. The first kappa shape index (κ1) is 26.3. The molecule has 4 aromatic rings. The number of nitrogens with zero attached hydrogens (tertiary/aromatic N) is 1. The van der Waals surface area contributed by atoms with Gasteiger partial charge in [0.05, 0.1) is 30.1 Å². The number of rotatable bonds is 8. The average Bonchev–Trinajstić information content (AvgIpc) is 2.94. The van der Waals surface area contributed by atoms with Crippen LogP contribution in [0.15, 0.2) is 107 Å². The van der Waals surface area contributed by atoms with Crippen molar-refractivity contribution in [2.75, 3.05) is 12.4 Å². The third kappa shape index (κ3) is 6.71. The maximum absolute atomic E-state index is 12.9. The second-order valence-electron chi connectivity index (χ2n) is 7.86. The van der Waals surface area contributed by atoms with E-state index < -0.39 is 11.9 Å². The molecule has 0 saturated carbocycles. The molecule has 2 N–H and O–H groups in total. The fourth-order valence-electron chi connectivity index (χ4n) is 3.37. The molecular formula is C29H22BrN3O5. The molecule has 0 aromatic heterocycles. The summed E-state index contributed by atoms with van der Waals surface area (Å²) < 4.78 is 11.5. The van der Waals surface area contributed by atoms with Crippen molar-refractivity contribution in [2.45, 2.75) is 0 Å². The zero-order chi connectivity index (χ0) is 26.9. The van der Waals surface area contributed by atoms with Crippen LogP contribution in [0.1, 0.15) is 36.6 Å². The summed E-state index contributed by atoms with van der Waals surface area (Å²) in [5.41, 5.74) is 4.29. The van der Waals surface area contributed by atoms with Crippen LogP contribution in [0.5, 0.6) is 11.5 Å². The average molecular weight is 572 g/mol. The maximum Gasteiger partial charge on any atom is 0.343 e. The molecule has 38 heavy (non-hydrogen) atoms. The van der Waals surface area contributed by atoms with Gasteiger partial charge < -0.3 is 14.8 Å². The first-order valence-electron chi connectivity index (χ1n) is 11.4. The molecule has 8 nitrogen and oxygen atoms in total. The van der Waals surface area contributed by atoms with E-state index in [0.717, 1.165) is 4.47 Å². The van der Waals surface area contributed by atoms with E-state index in [1.807, 2.05) is 0 Å². The van der Waals surface area contributed by atoms with Crippen LogP contribution in [0.2, 0.25) is 0 Å². The third-order valence-electron chi connectivity index (χ3n) is 5.34. The Morgan fingerprint density at radius 2 is 1.45 bits per heavy atom. The van der Waals surface area contributed by atoms with Gasteiger partial charge in [0.1, 0.15) is 11.5 Å². The topological polar surface area (TPSA) is 106 Å². The van der Waals surface area contributed by atoms with Gasteiger partial charge in [0.25, 0.3) is 11.8 Å². The zero-order valence-electron chi connectivity index (χ0n) is 20.2. The van der Waals surface area contributed by atoms with Crippen LogP contribution >= 0.6 is 15.9 Å². The van der Waals surface area contributed by atoms with Crippen molar-refractivity contribution in [2.24, 2.45) is 5.10 Å². The number of methoxy groups -OCH3 is 1. The van der Waals surface area contributed by atoms with E-state index >= 15 is 0 Å². The minimum Gasteiger partial charge on any atom is -0.497 e. The Hall–Kier alpha value is -4.76. The van der Waals surface area contributed by atoms with Crippen molar-refractivity contribution < 1.29 is 23.9 Å². The molecule has 4 aromatic carbocycles. The molecule has 0 unspecified atom stereocenters. The van der Waals surface area contributed by atoms with Gasteiger partial charge in [-0.3, -0.25) is 9.59 Å². The molecule has 0 aliphatic heterocycles. The van der Waals surface area contributed by atoms with E-state index in [4.69, 9.17) is 9.47 Å². The van der Waals surface area contributed by atoms with E-state index in [-0.39, 0.29) is 17.2 Å². The van der Waals surface area contributed by atoms with Gasteiger partial charge in [0.15, 0.2) is 0 Å². The summed E-state index contributed by atoms with van der Waals surface area (Å²) in [5, 5.41) is 6.77. The number of ether oxygens (including phenoxy) is 2. The molecule has 190 valence electrons. The van der Waals surface area contributed by atoms with Gasteiger partial charge in [-0.25, -0.2) is 10.2 Å². The number of carbonyl (C=O) groups excluding carboxylic acids is 3. The summed E-state index contributed by atoms with van der Waals surface area (Å²) in [6, 6.07) is 26.8. The minimum absolute atomic E-state index is 0.224. The molecule has 2 amide bonds. The molecule has 9 heteroatoms. The molecule has 0 fully saturated rings. The Kier molecular flexibility index (Phi) is 8.63. The highest BCUT2D eigenvalue weighted by atomic mass is 79.9. The molecule has 0 bridgehead atoms. The van der Waals surface area contributed by atoms with Gasteiger partial charge in [-0.2, -0.15) is 5.10 Å². The van der Waals surface area contributed by atoms with Gasteiger partial charge in [0.2, 0.25) is 0 Å². The molecule has 0 saturated heterocycles. The summed E-state index contributed by atoms with van der Waals surface area (Å²) in [4.78, 5) is 38.0. The first-order chi connectivity index (χ1) is 18.4. The van der Waals surface area contributed by atoms with Crippen LogP contribution in [0.25, 0.3) is 0 Å². The first-order valence-corrected chi connectivity index (χ1v) is 12.2. The highest BCUT2D eigenvalue weighted by molar-refractivity contribution is 9.10. The van der Waals surface area contributed by atoms with Crippen LogP contribution < -0.4 is 20.2 Å². The van der Waals surface area contributed by atoms with Gasteiger partial charge >= 0.3 is 5.97 Å². The SMILES string of the molecule is COc1ccc(C(=O)Nc2ccccc2C(=O)N/N=C\c2ccccc2OC(=O)c2ccc(Br)cc2)cc1. The van der Waals surface area contributed by atoms with Crippen LogP contribution in [-0.2, 0) is 0 Å². The number of esters is 1. The largest absolute Gasteiger partial charge is 0.497 e. The fourth-order valence-corrected chi connectivity index (χ4v) is 3.64. The lowest BCUT2D eigenvalue weighted by atomic mass is 10.1. The Labute approximate surface area is 227 Å². The van der Waals surface area contributed by atoms with Crippen LogP contribution in [0, 0.1) is 0 Å². The zero-order valence-corrected chi connectivity index (χ0v) is 21.8. The Balaban J connectivity index is 1.43. The Bertz CT molecular complexity index is 1490. The summed E-state index contributed by atoms with van der Waals surface area (Å²) in [6.07, 6.45) is 1.38. The van der Waals surface area contributed by atoms with E-state index in [9.17, 15) is 14.4 Å². The molecule has 0 radical (unpaired) electrons. The van der Waals surface area contributed by atoms with Gasteiger partial charge in [-0.05, 0) is 72.8 Å². The Morgan fingerprint density at radius 1 is 0.789 bits per heavy atom. The Morgan fingerprint density at radius 3 is 2.18 bits per heavy atom. The van der Waals surface area contributed by atoms with Gasteiger partial charge in [-0.1, -0.05) is 40.2 Å². The van der Waals surface area contributed by atoms with E-state index in [0.29, 0.717) is 28.1 Å². The molecular weight excluding hydrogens is 550 g/mol. The van der Waals surface area contributed by atoms with Crippen molar-refractivity contribution in [3.05, 3.63) is 124 Å². The van der Waals surface area contributed by atoms with Crippen molar-refractivity contribution in [1.82, 2.24) is 5.43 Å². The van der Waals surface area contributed by atoms with Gasteiger partial charge in [-0.15, -0.1) is 0 Å². The highest BCUT2D eigenvalue weighted by Gasteiger charge is 2.15. The summed E-state index contributed by atoms with van der Waals surface area (Å²) >= 11 is 3.33. The van der Waals surface area contributed by atoms with Crippen molar-refractivity contribution in [1.29, 1.82) is 0 Å². The highest BCUT2D eigenvalue weighted by Crippen LogP contribution is 2.20. The van der Waals surface area contributed by atoms with Crippen LogP contribution in [-0.4, -0.2) is 31.1 Å². The predicted molar refractivity (Wildman–Crippen MR) is 148 cm³/mol. The number of carbonyl (C=O) groups is 3. The molecule has 4 rings (SSSR count). The minimum atomic E-state index is -0.531. The van der Waals surface area contributed by atoms with Crippen molar-refractivity contribution in [3.8, 4) is 11.5 Å². The number of anilines is 1. The normalized spacial score (nSPS) is 10.6. The molecule has 0 aliphatic carbocycles. The molecule has 0 atom stereocenters. The number of hydrogen-bond acceptors (Lipinski definition) is 6. The standard InChI is InChI=1S/C29H22BrN3O5/c1-37-23-16-12-19(13-17-23)27(34)32-25-8-4-3-7-24(25)28(35)33-31-18-21-6-2-5-9-26(21)38-29(36)20-10-14-22(30)15-11-20/h2-18H,1H3,(H,32,34)(H,33,35)/b31-18-. The molecule has 0 aliphatic rings. The quantitative estimate of drug-likeness (QED) is 0.122. The van der Waals surface area contributed by atoms with Crippen LogP contribution in [0.4, 0.5) is 5.69 Å². The number of para-hydroxylation sites is 2.